The highest BCUT2D eigenvalue weighted by molar-refractivity contribution is 6.39. The Morgan fingerprint density at radius 2 is 1.95 bits per heavy atom. The minimum Gasteiger partial charge on any atom is -0.232 e. The molecule has 3 rings (SSSR count). The topological polar surface area (TPSA) is 19.7 Å². The number of nitrogens with one attached hydrogen (secondary N) is 1. The van der Waals surface area contributed by atoms with E-state index in [1.165, 1.54) is 21.9 Å². The molecule has 0 bridgehead atoms. The number of aromatic amines is 1. The van der Waals surface area contributed by atoms with Gasteiger partial charge >= 0.3 is 0 Å². The van der Waals surface area contributed by atoms with Crippen LogP contribution in [0.1, 0.15) is 30.9 Å². The quantitative estimate of drug-likeness (QED) is 0.616. The molecule has 0 atom stereocenters. The lowest BCUT2D eigenvalue weighted by molar-refractivity contribution is -0.592. The van der Waals surface area contributed by atoms with Crippen LogP contribution in [0, 0.1) is 6.92 Å². The van der Waals surface area contributed by atoms with Crippen LogP contribution in [0.25, 0.3) is 16.5 Å². The maximum atomic E-state index is 6.37. The summed E-state index contributed by atoms with van der Waals surface area (Å²) in [7, 11) is 0. The Balaban J connectivity index is 2.32. The van der Waals surface area contributed by atoms with Crippen molar-refractivity contribution < 1.29 is 4.57 Å². The molecule has 0 aliphatic heterocycles. The number of rotatable bonds is 4. The smallest absolute Gasteiger partial charge is 0.232 e. The number of halogens is 2. The summed E-state index contributed by atoms with van der Waals surface area (Å²) < 4.78 is 1.96. The monoisotopic (exact) mass is 333 g/mol. The Labute approximate surface area is 140 Å². The average molecular weight is 334 g/mol. The van der Waals surface area contributed by atoms with Crippen LogP contribution >= 0.6 is 23.2 Å². The van der Waals surface area contributed by atoms with Crippen LogP contribution in [0.3, 0.4) is 0 Å². The van der Waals surface area contributed by atoms with Gasteiger partial charge in [-0.1, -0.05) is 37.6 Å². The summed E-state index contributed by atoms with van der Waals surface area (Å²) >= 11 is 12.5. The van der Waals surface area contributed by atoms with Gasteiger partial charge in [-0.3, -0.25) is 0 Å². The lowest BCUT2D eigenvalue weighted by Gasteiger charge is -2.13. The summed E-state index contributed by atoms with van der Waals surface area (Å²) in [5.41, 5.74) is 3.67. The third-order valence-corrected chi connectivity index (χ3v) is 4.81. The van der Waals surface area contributed by atoms with Crippen molar-refractivity contribution in [2.45, 2.75) is 33.1 Å². The van der Waals surface area contributed by atoms with E-state index in [0.717, 1.165) is 24.9 Å². The zero-order valence-corrected chi connectivity index (χ0v) is 14.3. The average Bonchev–Trinajstić information content (AvgIpc) is 2.84. The van der Waals surface area contributed by atoms with Crippen molar-refractivity contribution in [1.29, 1.82) is 0 Å². The second-order valence-electron chi connectivity index (χ2n) is 5.59. The molecular formula is C18H19Cl2N2+. The molecule has 114 valence electrons. The van der Waals surface area contributed by atoms with Crippen molar-refractivity contribution in [3.8, 4) is 5.69 Å². The first-order chi connectivity index (χ1) is 10.6. The number of imidazole rings is 1. The Morgan fingerprint density at radius 1 is 1.18 bits per heavy atom. The van der Waals surface area contributed by atoms with Crippen molar-refractivity contribution in [1.82, 2.24) is 4.98 Å². The van der Waals surface area contributed by atoms with E-state index in [-0.39, 0.29) is 0 Å². The minimum absolute atomic E-state index is 0.468. The van der Waals surface area contributed by atoms with Gasteiger partial charge in [0, 0.05) is 5.56 Å². The van der Waals surface area contributed by atoms with E-state index in [1.54, 1.807) is 0 Å². The predicted molar refractivity (Wildman–Crippen MR) is 93.2 cm³/mol. The van der Waals surface area contributed by atoms with Crippen molar-refractivity contribution in [3.63, 3.8) is 0 Å². The standard InChI is InChI=1S/C18H18Cl2N2/c1-3-4-8-15-14-9-6-5-7-13(14)10-12(2)16(15)22-11-21-17(19)18(22)20/h5-7,9-11H,3-4,8H2,1-2H3/p+1. The molecule has 4 heteroatoms. The maximum Gasteiger partial charge on any atom is 0.260 e. The van der Waals surface area contributed by atoms with Gasteiger partial charge in [0.25, 0.3) is 10.3 Å². The van der Waals surface area contributed by atoms with Gasteiger partial charge in [-0.15, -0.1) is 0 Å². The normalized spacial score (nSPS) is 11.3. The number of fused-ring (bicyclic) bond motifs is 1. The number of H-pyrrole nitrogens is 1. The zero-order valence-electron chi connectivity index (χ0n) is 12.8. The molecule has 0 fully saturated rings. The molecular weight excluding hydrogens is 315 g/mol. The van der Waals surface area contributed by atoms with E-state index in [4.69, 9.17) is 23.2 Å². The Kier molecular flexibility index (Phi) is 4.42. The minimum atomic E-state index is 0.468. The molecule has 0 saturated carbocycles. The van der Waals surface area contributed by atoms with E-state index in [2.05, 4.69) is 49.2 Å². The van der Waals surface area contributed by atoms with Crippen LogP contribution in [0.4, 0.5) is 0 Å². The summed E-state index contributed by atoms with van der Waals surface area (Å²) in [5, 5.41) is 3.55. The number of hydrogen-bond donors (Lipinski definition) is 1. The summed E-state index contributed by atoms with van der Waals surface area (Å²) in [5.74, 6) is 0. The SMILES string of the molecule is CCCCc1c(-[n+]2c[nH]c(Cl)c2Cl)c(C)cc2ccccc12. The first kappa shape index (κ1) is 15.4. The highest BCUT2D eigenvalue weighted by atomic mass is 35.5. The zero-order chi connectivity index (χ0) is 15.7. The molecule has 1 aromatic heterocycles. The second kappa shape index (κ2) is 6.31. The number of benzene rings is 2. The van der Waals surface area contributed by atoms with Crippen molar-refractivity contribution in [2.75, 3.05) is 0 Å². The van der Waals surface area contributed by atoms with Gasteiger partial charge < -0.3 is 0 Å². The van der Waals surface area contributed by atoms with Gasteiger partial charge in [0.05, 0.1) is 0 Å². The first-order valence-corrected chi connectivity index (χ1v) is 8.34. The molecule has 0 saturated heterocycles. The highest BCUT2D eigenvalue weighted by Crippen LogP contribution is 2.29. The Morgan fingerprint density at radius 3 is 2.64 bits per heavy atom. The summed E-state index contributed by atoms with van der Waals surface area (Å²) in [6.45, 7) is 4.34. The molecule has 0 aliphatic rings. The summed E-state index contributed by atoms with van der Waals surface area (Å²) in [4.78, 5) is 2.99. The van der Waals surface area contributed by atoms with Crippen molar-refractivity contribution in [3.05, 3.63) is 58.1 Å². The summed E-state index contributed by atoms with van der Waals surface area (Å²) in [6, 6.07) is 10.7. The predicted octanol–water partition coefficient (Wildman–Crippen LogP) is 5.40. The van der Waals surface area contributed by atoms with Crippen LogP contribution in [-0.2, 0) is 6.42 Å². The molecule has 2 aromatic carbocycles. The van der Waals surface area contributed by atoms with Crippen molar-refractivity contribution in [2.24, 2.45) is 0 Å². The first-order valence-electron chi connectivity index (χ1n) is 7.59. The van der Waals surface area contributed by atoms with Crippen molar-refractivity contribution >= 4 is 34.0 Å². The summed E-state index contributed by atoms with van der Waals surface area (Å²) in [6.07, 6.45) is 5.17. The molecule has 0 aliphatic carbocycles. The fourth-order valence-electron chi connectivity index (χ4n) is 3.01. The fraction of sp³-hybridized carbons (Fsp3) is 0.278. The Bertz CT molecular complexity index is 821. The highest BCUT2D eigenvalue weighted by Gasteiger charge is 2.22. The molecule has 3 aromatic rings. The largest absolute Gasteiger partial charge is 0.260 e. The number of aromatic nitrogens is 2. The van der Waals surface area contributed by atoms with Crippen LogP contribution in [0.2, 0.25) is 10.3 Å². The third kappa shape index (κ3) is 2.62. The second-order valence-corrected chi connectivity index (χ2v) is 6.33. The Hall–Kier alpha value is -1.51. The number of nitrogens with zero attached hydrogens (tertiary/aromatic N) is 1. The van der Waals surface area contributed by atoms with Gasteiger partial charge in [0.15, 0.2) is 0 Å². The third-order valence-electron chi connectivity index (χ3n) is 4.05. The van der Waals surface area contributed by atoms with Gasteiger partial charge in [0.1, 0.15) is 5.69 Å². The number of aryl methyl sites for hydroxylation is 2. The molecule has 1 N–H and O–H groups in total. The molecule has 0 spiro atoms. The molecule has 0 amide bonds. The lowest BCUT2D eigenvalue weighted by atomic mass is 9.95. The fourth-order valence-corrected chi connectivity index (χ4v) is 3.34. The van der Waals surface area contributed by atoms with Gasteiger partial charge in [-0.25, -0.2) is 4.98 Å². The lowest BCUT2D eigenvalue weighted by Crippen LogP contribution is -2.32. The molecule has 22 heavy (non-hydrogen) atoms. The molecule has 2 nitrogen and oxygen atoms in total. The van der Waals surface area contributed by atoms with Gasteiger partial charge in [-0.05, 0) is 65.4 Å². The van der Waals surface area contributed by atoms with Crippen LogP contribution < -0.4 is 4.57 Å². The van der Waals surface area contributed by atoms with E-state index in [1.807, 2.05) is 10.9 Å². The molecule has 0 unspecified atom stereocenters. The van der Waals surface area contributed by atoms with E-state index in [9.17, 15) is 0 Å². The maximum absolute atomic E-state index is 6.37. The van der Waals surface area contributed by atoms with Crippen LogP contribution in [0.5, 0.6) is 0 Å². The number of hydrogen-bond acceptors (Lipinski definition) is 0. The molecule has 1 heterocycles. The van der Waals surface area contributed by atoms with Crippen LogP contribution in [0.15, 0.2) is 36.7 Å². The van der Waals surface area contributed by atoms with Gasteiger partial charge in [-0.2, -0.15) is 4.57 Å². The molecule has 0 radical (unpaired) electrons. The van der Waals surface area contributed by atoms with E-state index in [0.29, 0.717) is 10.3 Å². The van der Waals surface area contributed by atoms with Crippen LogP contribution in [-0.4, -0.2) is 4.98 Å². The van der Waals surface area contributed by atoms with Gasteiger partial charge in [0.2, 0.25) is 6.33 Å². The number of unbranched alkanes of at least 4 members (excludes halogenated alkanes) is 1. The van der Waals surface area contributed by atoms with E-state index < -0.39 is 0 Å². The van der Waals surface area contributed by atoms with E-state index >= 15 is 0 Å².